The molecule has 2 rings (SSSR count). The molecule has 0 heterocycles. The standard InChI is InChI=1S/C21H29NO/c1-5-13-23-20-8-6-7-18(14-20)16-22-15-17-9-11-19(12-10-17)21(2,3)4/h6-12,14,22H,5,13,15-16H2,1-4H3. The highest BCUT2D eigenvalue weighted by atomic mass is 16.5. The van der Waals surface area contributed by atoms with Gasteiger partial charge in [0.15, 0.2) is 0 Å². The molecule has 0 amide bonds. The van der Waals surface area contributed by atoms with Crippen molar-refractivity contribution in [2.75, 3.05) is 6.61 Å². The molecule has 0 saturated heterocycles. The van der Waals surface area contributed by atoms with Crippen LogP contribution in [0.25, 0.3) is 0 Å². The van der Waals surface area contributed by atoms with Crippen LogP contribution in [0.15, 0.2) is 48.5 Å². The summed E-state index contributed by atoms with van der Waals surface area (Å²) in [6, 6.07) is 17.2. The summed E-state index contributed by atoms with van der Waals surface area (Å²) in [6.45, 7) is 11.4. The molecule has 23 heavy (non-hydrogen) atoms. The van der Waals surface area contributed by atoms with Crippen LogP contribution in [0.3, 0.4) is 0 Å². The van der Waals surface area contributed by atoms with Crippen LogP contribution >= 0.6 is 0 Å². The molecule has 1 N–H and O–H groups in total. The van der Waals surface area contributed by atoms with Crippen LogP contribution in [-0.4, -0.2) is 6.61 Å². The maximum Gasteiger partial charge on any atom is 0.119 e. The van der Waals surface area contributed by atoms with Gasteiger partial charge in [-0.3, -0.25) is 0 Å². The van der Waals surface area contributed by atoms with Gasteiger partial charge in [-0.2, -0.15) is 0 Å². The zero-order chi connectivity index (χ0) is 16.7. The van der Waals surface area contributed by atoms with Gasteiger partial charge in [0.05, 0.1) is 6.61 Å². The first-order valence-electron chi connectivity index (χ1n) is 8.51. The number of hydrogen-bond acceptors (Lipinski definition) is 2. The fourth-order valence-electron chi connectivity index (χ4n) is 2.44. The van der Waals surface area contributed by atoms with Crippen molar-refractivity contribution in [3.05, 3.63) is 65.2 Å². The van der Waals surface area contributed by atoms with Crippen LogP contribution in [0.5, 0.6) is 5.75 Å². The number of rotatable bonds is 7. The fourth-order valence-corrected chi connectivity index (χ4v) is 2.44. The van der Waals surface area contributed by atoms with E-state index in [0.717, 1.165) is 31.9 Å². The largest absolute Gasteiger partial charge is 0.494 e. The van der Waals surface area contributed by atoms with Gasteiger partial charge in [0.2, 0.25) is 0 Å². The lowest BCUT2D eigenvalue weighted by Gasteiger charge is -2.19. The molecule has 0 aromatic heterocycles. The Bertz CT molecular complexity index is 596. The Balaban J connectivity index is 1.85. The molecular formula is C21H29NO. The molecule has 0 aliphatic heterocycles. The third kappa shape index (κ3) is 5.72. The van der Waals surface area contributed by atoms with E-state index in [9.17, 15) is 0 Å². The maximum atomic E-state index is 5.68. The van der Waals surface area contributed by atoms with Crippen LogP contribution in [0.1, 0.15) is 50.8 Å². The third-order valence-corrected chi connectivity index (χ3v) is 3.85. The van der Waals surface area contributed by atoms with E-state index in [4.69, 9.17) is 4.74 Å². The van der Waals surface area contributed by atoms with E-state index in [1.807, 2.05) is 6.07 Å². The molecular weight excluding hydrogens is 282 g/mol. The van der Waals surface area contributed by atoms with Crippen molar-refractivity contribution in [1.29, 1.82) is 0 Å². The van der Waals surface area contributed by atoms with Gasteiger partial charge in [0.1, 0.15) is 5.75 Å². The van der Waals surface area contributed by atoms with Gasteiger partial charge < -0.3 is 10.1 Å². The number of hydrogen-bond donors (Lipinski definition) is 1. The molecule has 0 bridgehead atoms. The highest BCUT2D eigenvalue weighted by Gasteiger charge is 2.12. The maximum absolute atomic E-state index is 5.68. The van der Waals surface area contributed by atoms with Gasteiger partial charge in [0, 0.05) is 13.1 Å². The molecule has 2 heteroatoms. The summed E-state index contributed by atoms with van der Waals surface area (Å²) in [6.07, 6.45) is 1.03. The third-order valence-electron chi connectivity index (χ3n) is 3.85. The summed E-state index contributed by atoms with van der Waals surface area (Å²) in [5, 5.41) is 3.50. The second-order valence-electron chi connectivity index (χ2n) is 7.05. The van der Waals surface area contributed by atoms with E-state index in [1.54, 1.807) is 0 Å². The van der Waals surface area contributed by atoms with Gasteiger partial charge in [-0.25, -0.2) is 0 Å². The second kappa shape index (κ2) is 8.16. The highest BCUT2D eigenvalue weighted by Crippen LogP contribution is 2.22. The first-order chi connectivity index (χ1) is 11.0. The van der Waals surface area contributed by atoms with Crippen LogP contribution in [0.4, 0.5) is 0 Å². The predicted octanol–water partition coefficient (Wildman–Crippen LogP) is 5.06. The Kier molecular flexibility index (Phi) is 6.23. The van der Waals surface area contributed by atoms with E-state index in [0.29, 0.717) is 0 Å². The van der Waals surface area contributed by atoms with E-state index < -0.39 is 0 Å². The Morgan fingerprint density at radius 3 is 2.26 bits per heavy atom. The van der Waals surface area contributed by atoms with Gasteiger partial charge in [0.25, 0.3) is 0 Å². The summed E-state index contributed by atoms with van der Waals surface area (Å²) in [4.78, 5) is 0. The minimum absolute atomic E-state index is 0.213. The second-order valence-corrected chi connectivity index (χ2v) is 7.05. The summed E-state index contributed by atoms with van der Waals surface area (Å²) < 4.78 is 5.68. The normalized spacial score (nSPS) is 11.5. The zero-order valence-corrected chi connectivity index (χ0v) is 14.9. The number of benzene rings is 2. The lowest BCUT2D eigenvalue weighted by molar-refractivity contribution is 0.317. The van der Waals surface area contributed by atoms with Crippen molar-refractivity contribution in [2.45, 2.75) is 52.6 Å². The van der Waals surface area contributed by atoms with Crippen molar-refractivity contribution in [3.8, 4) is 5.75 Å². The summed E-state index contributed by atoms with van der Waals surface area (Å²) in [5.74, 6) is 0.959. The quantitative estimate of drug-likeness (QED) is 0.771. The van der Waals surface area contributed by atoms with Crippen molar-refractivity contribution < 1.29 is 4.74 Å². The smallest absolute Gasteiger partial charge is 0.119 e. The monoisotopic (exact) mass is 311 g/mol. The molecule has 0 spiro atoms. The van der Waals surface area contributed by atoms with Crippen molar-refractivity contribution >= 4 is 0 Å². The number of ether oxygens (including phenoxy) is 1. The minimum Gasteiger partial charge on any atom is -0.494 e. The lowest BCUT2D eigenvalue weighted by atomic mass is 9.87. The molecule has 0 unspecified atom stereocenters. The average Bonchev–Trinajstić information content (AvgIpc) is 2.53. The van der Waals surface area contributed by atoms with Gasteiger partial charge in [-0.15, -0.1) is 0 Å². The fraction of sp³-hybridized carbons (Fsp3) is 0.429. The summed E-state index contributed by atoms with van der Waals surface area (Å²) in [7, 11) is 0. The Morgan fingerprint density at radius 1 is 0.913 bits per heavy atom. The van der Waals surface area contributed by atoms with Crippen LogP contribution in [0.2, 0.25) is 0 Å². The van der Waals surface area contributed by atoms with E-state index >= 15 is 0 Å². The van der Waals surface area contributed by atoms with Gasteiger partial charge in [-0.05, 0) is 40.7 Å². The SMILES string of the molecule is CCCOc1cccc(CNCc2ccc(C(C)(C)C)cc2)c1. The first kappa shape index (κ1) is 17.6. The highest BCUT2D eigenvalue weighted by molar-refractivity contribution is 5.29. The predicted molar refractivity (Wildman–Crippen MR) is 97.9 cm³/mol. The van der Waals surface area contributed by atoms with E-state index in [-0.39, 0.29) is 5.41 Å². The molecule has 0 fully saturated rings. The molecule has 0 aliphatic rings. The lowest BCUT2D eigenvalue weighted by Crippen LogP contribution is -2.14. The molecule has 2 nitrogen and oxygen atoms in total. The van der Waals surface area contributed by atoms with Gasteiger partial charge >= 0.3 is 0 Å². The summed E-state index contributed by atoms with van der Waals surface area (Å²) in [5.41, 5.74) is 4.16. The average molecular weight is 311 g/mol. The van der Waals surface area contributed by atoms with Crippen LogP contribution in [-0.2, 0) is 18.5 Å². The molecule has 0 aliphatic carbocycles. The molecule has 124 valence electrons. The minimum atomic E-state index is 0.213. The summed E-state index contributed by atoms with van der Waals surface area (Å²) >= 11 is 0. The molecule has 0 atom stereocenters. The Morgan fingerprint density at radius 2 is 1.61 bits per heavy atom. The molecule has 2 aromatic rings. The first-order valence-corrected chi connectivity index (χ1v) is 8.51. The van der Waals surface area contributed by atoms with Crippen LogP contribution in [0, 0.1) is 0 Å². The van der Waals surface area contributed by atoms with Gasteiger partial charge in [-0.1, -0.05) is 64.1 Å². The van der Waals surface area contributed by atoms with Crippen molar-refractivity contribution in [1.82, 2.24) is 5.32 Å². The number of nitrogens with one attached hydrogen (secondary N) is 1. The Labute approximate surface area is 140 Å². The molecule has 0 radical (unpaired) electrons. The Hall–Kier alpha value is -1.80. The zero-order valence-electron chi connectivity index (χ0n) is 14.9. The molecule has 2 aromatic carbocycles. The topological polar surface area (TPSA) is 21.3 Å². The van der Waals surface area contributed by atoms with E-state index in [1.165, 1.54) is 16.7 Å². The molecule has 0 saturated carbocycles. The van der Waals surface area contributed by atoms with Crippen molar-refractivity contribution in [3.63, 3.8) is 0 Å². The van der Waals surface area contributed by atoms with E-state index in [2.05, 4.69) is 75.5 Å². The van der Waals surface area contributed by atoms with Crippen molar-refractivity contribution in [2.24, 2.45) is 0 Å². The van der Waals surface area contributed by atoms with Crippen LogP contribution < -0.4 is 10.1 Å².